The first-order chi connectivity index (χ1) is 11.9. The molecule has 24 heavy (non-hydrogen) atoms. The molecule has 0 fully saturated rings. The van der Waals surface area contributed by atoms with Crippen molar-refractivity contribution in [1.29, 1.82) is 0 Å². The molecule has 0 amide bonds. The van der Waals surface area contributed by atoms with Gasteiger partial charge in [0.25, 0.3) is 0 Å². The van der Waals surface area contributed by atoms with E-state index in [0.29, 0.717) is 0 Å². The Hall–Kier alpha value is -2.16. The molecule has 3 aromatic carbocycles. The topological polar surface area (TPSA) is 3.24 Å². The number of rotatable bonds is 8. The first-order valence-corrected chi connectivity index (χ1v) is 10.4. The Morgan fingerprint density at radius 2 is 1.04 bits per heavy atom. The Bertz CT molecular complexity index is 656. The van der Waals surface area contributed by atoms with Crippen LogP contribution in [0.3, 0.4) is 0 Å². The van der Waals surface area contributed by atoms with Crippen LogP contribution in [0.5, 0.6) is 0 Å². The van der Waals surface area contributed by atoms with Crippen molar-refractivity contribution in [2.24, 2.45) is 0 Å². The van der Waals surface area contributed by atoms with E-state index in [9.17, 15) is 0 Å². The molecule has 0 N–H and O–H groups in total. The smallest absolute Gasteiger partial charge is 0.0560 e. The second kappa shape index (κ2) is 9.21. The summed E-state index contributed by atoms with van der Waals surface area (Å²) in [6, 6.07) is 33.9. The highest BCUT2D eigenvalue weighted by Gasteiger charge is 2.07. The van der Waals surface area contributed by atoms with Crippen LogP contribution in [0.1, 0.15) is 11.1 Å². The summed E-state index contributed by atoms with van der Waals surface area (Å²) in [7, 11) is -0.174. The van der Waals surface area contributed by atoms with Crippen LogP contribution in [0, 0.1) is 0 Å². The zero-order chi connectivity index (χ0) is 16.5. The molecular formula is C22H25NSi. The lowest BCUT2D eigenvalue weighted by Crippen LogP contribution is -2.26. The number of hydrogen-bond acceptors (Lipinski definition) is 1. The van der Waals surface area contributed by atoms with Gasteiger partial charge < -0.3 is 0 Å². The van der Waals surface area contributed by atoms with Crippen molar-refractivity contribution in [3.8, 4) is 0 Å². The minimum Gasteiger partial charge on any atom is -0.295 e. The second-order valence-electron chi connectivity index (χ2n) is 6.27. The third-order valence-electron chi connectivity index (χ3n) is 4.28. The molecule has 0 saturated carbocycles. The van der Waals surface area contributed by atoms with Gasteiger partial charge in [0.15, 0.2) is 0 Å². The Balaban J connectivity index is 1.60. The Morgan fingerprint density at radius 1 is 0.583 bits per heavy atom. The van der Waals surface area contributed by atoms with Gasteiger partial charge in [0, 0.05) is 13.1 Å². The van der Waals surface area contributed by atoms with Crippen LogP contribution in [-0.4, -0.2) is 21.0 Å². The summed E-state index contributed by atoms with van der Waals surface area (Å²) in [5.41, 5.74) is 2.80. The molecule has 0 spiro atoms. The standard InChI is InChI=1S/C22H25NSi/c1-4-10-20(11-5-1)18-23(19-21-12-6-2-7-13-21)16-17-24-22-14-8-3-9-15-22/h1-15H,16-19,24H2. The number of nitrogens with zero attached hydrogens (tertiary/aromatic N) is 1. The van der Waals surface area contributed by atoms with E-state index >= 15 is 0 Å². The van der Waals surface area contributed by atoms with E-state index in [1.807, 2.05) is 0 Å². The van der Waals surface area contributed by atoms with Crippen LogP contribution in [0.2, 0.25) is 6.04 Å². The van der Waals surface area contributed by atoms with E-state index in [1.54, 1.807) is 5.19 Å². The molecule has 0 radical (unpaired) electrons. The van der Waals surface area contributed by atoms with Gasteiger partial charge in [-0.1, -0.05) is 96.2 Å². The second-order valence-corrected chi connectivity index (χ2v) is 8.29. The molecule has 0 aliphatic carbocycles. The number of benzene rings is 3. The summed E-state index contributed by atoms with van der Waals surface area (Å²) < 4.78 is 0. The first-order valence-electron chi connectivity index (χ1n) is 8.74. The summed E-state index contributed by atoms with van der Waals surface area (Å²) in [4.78, 5) is 2.58. The van der Waals surface area contributed by atoms with Gasteiger partial charge in [0.2, 0.25) is 0 Å². The molecule has 0 aliphatic heterocycles. The fraction of sp³-hybridized carbons (Fsp3) is 0.182. The van der Waals surface area contributed by atoms with Crippen LogP contribution in [0.25, 0.3) is 0 Å². The van der Waals surface area contributed by atoms with Gasteiger partial charge in [-0.2, -0.15) is 0 Å². The largest absolute Gasteiger partial charge is 0.295 e. The highest BCUT2D eigenvalue weighted by Crippen LogP contribution is 2.10. The van der Waals surface area contributed by atoms with Gasteiger partial charge in [-0.15, -0.1) is 0 Å². The van der Waals surface area contributed by atoms with E-state index in [2.05, 4.69) is 95.9 Å². The molecule has 0 aliphatic rings. The highest BCUT2D eigenvalue weighted by atomic mass is 28.2. The van der Waals surface area contributed by atoms with Crippen molar-refractivity contribution in [3.05, 3.63) is 102 Å². The molecule has 122 valence electrons. The maximum atomic E-state index is 2.58. The number of hydrogen-bond donors (Lipinski definition) is 0. The minimum absolute atomic E-state index is 0.174. The van der Waals surface area contributed by atoms with E-state index in [4.69, 9.17) is 0 Å². The van der Waals surface area contributed by atoms with Crippen LogP contribution in [0.15, 0.2) is 91.0 Å². The first kappa shape index (κ1) is 16.7. The molecule has 3 aromatic rings. The quantitative estimate of drug-likeness (QED) is 0.570. The normalized spacial score (nSPS) is 11.4. The molecule has 1 nitrogen and oxygen atoms in total. The van der Waals surface area contributed by atoms with Crippen molar-refractivity contribution in [2.75, 3.05) is 6.54 Å². The summed E-state index contributed by atoms with van der Waals surface area (Å²) in [5, 5.41) is 1.57. The van der Waals surface area contributed by atoms with E-state index < -0.39 is 0 Å². The lowest BCUT2D eigenvalue weighted by molar-refractivity contribution is 0.271. The Labute approximate surface area is 147 Å². The lowest BCUT2D eigenvalue weighted by atomic mass is 10.1. The fourth-order valence-electron chi connectivity index (χ4n) is 3.05. The fourth-order valence-corrected chi connectivity index (χ4v) is 4.67. The summed E-state index contributed by atoms with van der Waals surface area (Å²) in [6.07, 6.45) is 0. The van der Waals surface area contributed by atoms with Gasteiger partial charge in [-0.3, -0.25) is 4.90 Å². The minimum atomic E-state index is -0.174. The molecule has 0 heterocycles. The van der Waals surface area contributed by atoms with Gasteiger partial charge in [0.05, 0.1) is 9.52 Å². The molecule has 0 atom stereocenters. The SMILES string of the molecule is c1ccc(CN(CC[SiH2]c2ccccc2)Cc2ccccc2)cc1. The monoisotopic (exact) mass is 331 g/mol. The van der Waals surface area contributed by atoms with Crippen molar-refractivity contribution in [3.63, 3.8) is 0 Å². The molecule has 3 rings (SSSR count). The van der Waals surface area contributed by atoms with Crippen LogP contribution >= 0.6 is 0 Å². The maximum Gasteiger partial charge on any atom is 0.0560 e. The Kier molecular flexibility index (Phi) is 6.40. The van der Waals surface area contributed by atoms with Crippen molar-refractivity contribution in [2.45, 2.75) is 19.1 Å². The van der Waals surface area contributed by atoms with Crippen LogP contribution in [0.4, 0.5) is 0 Å². The predicted molar refractivity (Wildman–Crippen MR) is 106 cm³/mol. The van der Waals surface area contributed by atoms with E-state index in [1.165, 1.54) is 23.7 Å². The zero-order valence-corrected chi connectivity index (χ0v) is 15.6. The third kappa shape index (κ3) is 5.48. The van der Waals surface area contributed by atoms with Crippen LogP contribution < -0.4 is 5.19 Å². The third-order valence-corrected chi connectivity index (χ3v) is 6.00. The lowest BCUT2D eigenvalue weighted by Gasteiger charge is -2.22. The molecular weight excluding hydrogens is 306 g/mol. The van der Waals surface area contributed by atoms with E-state index in [-0.39, 0.29) is 9.52 Å². The average Bonchev–Trinajstić information content (AvgIpc) is 2.64. The van der Waals surface area contributed by atoms with Crippen LogP contribution in [-0.2, 0) is 13.1 Å². The average molecular weight is 332 g/mol. The Morgan fingerprint density at radius 3 is 1.54 bits per heavy atom. The maximum absolute atomic E-state index is 2.58. The summed E-state index contributed by atoms with van der Waals surface area (Å²) in [6.45, 7) is 3.22. The van der Waals surface area contributed by atoms with Gasteiger partial charge in [-0.25, -0.2) is 0 Å². The molecule has 2 heteroatoms. The highest BCUT2D eigenvalue weighted by molar-refractivity contribution is 6.53. The van der Waals surface area contributed by atoms with Gasteiger partial charge >= 0.3 is 0 Å². The molecule has 0 unspecified atom stereocenters. The molecule has 0 bridgehead atoms. The predicted octanol–water partition coefficient (Wildman–Crippen LogP) is 3.60. The summed E-state index contributed by atoms with van der Waals surface area (Å²) in [5.74, 6) is 0. The van der Waals surface area contributed by atoms with Gasteiger partial charge in [-0.05, 0) is 23.7 Å². The van der Waals surface area contributed by atoms with Crippen molar-refractivity contribution >= 4 is 14.7 Å². The summed E-state index contributed by atoms with van der Waals surface area (Å²) >= 11 is 0. The van der Waals surface area contributed by atoms with Crippen molar-refractivity contribution in [1.82, 2.24) is 4.90 Å². The van der Waals surface area contributed by atoms with Crippen molar-refractivity contribution < 1.29 is 0 Å². The van der Waals surface area contributed by atoms with Gasteiger partial charge in [0.1, 0.15) is 0 Å². The molecule has 0 aromatic heterocycles. The molecule has 0 saturated heterocycles. The zero-order valence-electron chi connectivity index (χ0n) is 14.1. The van der Waals surface area contributed by atoms with E-state index in [0.717, 1.165) is 13.1 Å².